The normalized spacial score (nSPS) is 11.8. The monoisotopic (exact) mass is 455 g/mol. The number of carbonyl (C=O) groups is 1. The largest absolute Gasteiger partial charge is 0.272 e. The second kappa shape index (κ2) is 10.1. The Kier molecular flexibility index (Phi) is 6.99. The minimum atomic E-state index is -0.226. The summed E-state index contributed by atoms with van der Waals surface area (Å²) in [6, 6.07) is 22.2. The van der Waals surface area contributed by atoms with Gasteiger partial charge in [0, 0.05) is 15.8 Å². The van der Waals surface area contributed by atoms with Crippen molar-refractivity contribution in [2.75, 3.05) is 0 Å². The summed E-state index contributed by atoms with van der Waals surface area (Å²) in [6.45, 7) is 8.55. The molecule has 0 bridgehead atoms. The number of fused-ring (bicyclic) bond motifs is 1. The smallest absolute Gasteiger partial charge is 0.267 e. The van der Waals surface area contributed by atoms with Crippen LogP contribution in [0.15, 0.2) is 71.8 Å². The van der Waals surface area contributed by atoms with Gasteiger partial charge < -0.3 is 0 Å². The maximum Gasteiger partial charge on any atom is 0.272 e. The molecule has 4 aromatic rings. The minimum Gasteiger partial charge on any atom is -0.267 e. The van der Waals surface area contributed by atoms with Crippen LogP contribution in [-0.2, 0) is 0 Å². The number of hydrazone groups is 1. The molecule has 1 amide bonds. The number of nitrogens with one attached hydrogen (secondary N) is 1. The Morgan fingerprint density at radius 2 is 1.82 bits per heavy atom. The van der Waals surface area contributed by atoms with E-state index >= 15 is 0 Å². The van der Waals surface area contributed by atoms with Gasteiger partial charge in [-0.05, 0) is 49.1 Å². The maximum absolute atomic E-state index is 13.3. The first-order chi connectivity index (χ1) is 16.0. The highest BCUT2D eigenvalue weighted by molar-refractivity contribution is 7.14. The number of para-hydroxylation sites is 1. The first kappa shape index (κ1) is 22.9. The maximum atomic E-state index is 13.3. The standard InChI is InChI=1S/C28H29N3OS/c1-5-8-25(27-16-11-19(4)33-27)30-31-28(32)23-17-26(29-24-10-7-6-9-22(23)24)21-14-12-20(13-15-21)18(2)3/h6-7,9-18H,5,8H2,1-4H3,(H,31,32)/b30-25+. The van der Waals surface area contributed by atoms with E-state index in [0.717, 1.165) is 45.6 Å². The quantitative estimate of drug-likeness (QED) is 0.234. The van der Waals surface area contributed by atoms with Crippen molar-refractivity contribution < 1.29 is 4.79 Å². The summed E-state index contributed by atoms with van der Waals surface area (Å²) in [6.07, 6.45) is 1.77. The zero-order valence-electron chi connectivity index (χ0n) is 19.6. The SMILES string of the molecule is CCC/C(=N\NC(=O)c1cc(-c2ccc(C(C)C)cc2)nc2ccccc12)c1ccc(C)s1. The number of thiophene rings is 1. The molecular weight excluding hydrogens is 426 g/mol. The number of aromatic nitrogens is 1. The van der Waals surface area contributed by atoms with Crippen LogP contribution in [0.5, 0.6) is 0 Å². The number of benzene rings is 2. The van der Waals surface area contributed by atoms with Crippen molar-refractivity contribution in [1.29, 1.82) is 0 Å². The molecule has 0 fully saturated rings. The third-order valence-electron chi connectivity index (χ3n) is 5.64. The fourth-order valence-corrected chi connectivity index (χ4v) is 4.67. The highest BCUT2D eigenvalue weighted by Crippen LogP contribution is 2.26. The molecule has 2 aromatic heterocycles. The van der Waals surface area contributed by atoms with Gasteiger partial charge in [-0.1, -0.05) is 69.7 Å². The molecule has 0 atom stereocenters. The third kappa shape index (κ3) is 5.20. The molecule has 0 aliphatic rings. The molecule has 0 aliphatic carbocycles. The van der Waals surface area contributed by atoms with Crippen molar-refractivity contribution in [3.63, 3.8) is 0 Å². The van der Waals surface area contributed by atoms with Crippen LogP contribution in [0, 0.1) is 6.92 Å². The highest BCUT2D eigenvalue weighted by atomic mass is 32.1. The van der Waals surface area contributed by atoms with Gasteiger partial charge in [0.25, 0.3) is 5.91 Å². The molecule has 168 valence electrons. The second-order valence-corrected chi connectivity index (χ2v) is 9.80. The Hall–Kier alpha value is -3.31. The average molecular weight is 456 g/mol. The van der Waals surface area contributed by atoms with E-state index in [1.54, 1.807) is 11.3 Å². The van der Waals surface area contributed by atoms with Crippen molar-refractivity contribution in [3.8, 4) is 11.3 Å². The van der Waals surface area contributed by atoms with Gasteiger partial charge in [-0.3, -0.25) is 4.79 Å². The van der Waals surface area contributed by atoms with Gasteiger partial charge in [-0.15, -0.1) is 11.3 Å². The number of carbonyl (C=O) groups excluding carboxylic acids is 1. The van der Waals surface area contributed by atoms with Gasteiger partial charge >= 0.3 is 0 Å². The van der Waals surface area contributed by atoms with Gasteiger partial charge in [0.15, 0.2) is 0 Å². The van der Waals surface area contributed by atoms with Crippen LogP contribution in [0.2, 0.25) is 0 Å². The minimum absolute atomic E-state index is 0.226. The van der Waals surface area contributed by atoms with E-state index in [-0.39, 0.29) is 5.91 Å². The zero-order chi connectivity index (χ0) is 23.4. The zero-order valence-corrected chi connectivity index (χ0v) is 20.4. The lowest BCUT2D eigenvalue weighted by Gasteiger charge is -2.11. The van der Waals surface area contributed by atoms with Gasteiger partial charge in [0.1, 0.15) is 0 Å². The molecule has 33 heavy (non-hydrogen) atoms. The Bertz CT molecular complexity index is 1300. The lowest BCUT2D eigenvalue weighted by molar-refractivity contribution is 0.0956. The van der Waals surface area contributed by atoms with Crippen molar-refractivity contribution in [3.05, 3.63) is 87.6 Å². The van der Waals surface area contributed by atoms with Crippen molar-refractivity contribution in [2.45, 2.75) is 46.5 Å². The van der Waals surface area contributed by atoms with Crippen LogP contribution in [0.1, 0.15) is 65.2 Å². The molecule has 2 aromatic carbocycles. The molecule has 0 saturated heterocycles. The average Bonchev–Trinajstić information content (AvgIpc) is 3.27. The summed E-state index contributed by atoms with van der Waals surface area (Å²) in [5.74, 6) is 0.239. The topological polar surface area (TPSA) is 54.4 Å². The number of pyridine rings is 1. The Labute approximate surface area is 199 Å². The fraction of sp³-hybridized carbons (Fsp3) is 0.250. The number of aryl methyl sites for hydroxylation is 1. The lowest BCUT2D eigenvalue weighted by atomic mass is 9.99. The molecule has 4 rings (SSSR count). The van der Waals surface area contributed by atoms with E-state index in [2.05, 4.69) is 74.6 Å². The molecule has 5 heteroatoms. The van der Waals surface area contributed by atoms with Gasteiger partial charge in [0.2, 0.25) is 0 Å². The number of nitrogens with zero attached hydrogens (tertiary/aromatic N) is 2. The highest BCUT2D eigenvalue weighted by Gasteiger charge is 2.15. The number of amides is 1. The lowest BCUT2D eigenvalue weighted by Crippen LogP contribution is -2.20. The van der Waals surface area contributed by atoms with E-state index in [4.69, 9.17) is 4.98 Å². The molecular formula is C28H29N3OS. The molecule has 0 unspecified atom stereocenters. The summed E-state index contributed by atoms with van der Waals surface area (Å²) >= 11 is 1.70. The summed E-state index contributed by atoms with van der Waals surface area (Å²) in [7, 11) is 0. The van der Waals surface area contributed by atoms with Crippen molar-refractivity contribution >= 4 is 33.9 Å². The Balaban J connectivity index is 1.70. The first-order valence-corrected chi connectivity index (χ1v) is 12.2. The first-order valence-electron chi connectivity index (χ1n) is 11.4. The summed E-state index contributed by atoms with van der Waals surface area (Å²) in [5.41, 5.74) is 8.13. The van der Waals surface area contributed by atoms with Crippen LogP contribution < -0.4 is 5.43 Å². The molecule has 0 saturated carbocycles. The molecule has 1 N–H and O–H groups in total. The second-order valence-electron chi connectivity index (χ2n) is 8.51. The Morgan fingerprint density at radius 1 is 1.06 bits per heavy atom. The third-order valence-corrected chi connectivity index (χ3v) is 6.69. The van der Waals surface area contributed by atoms with Crippen molar-refractivity contribution in [2.24, 2.45) is 5.10 Å². The van der Waals surface area contributed by atoms with Gasteiger partial charge in [-0.25, -0.2) is 10.4 Å². The van der Waals surface area contributed by atoms with Crippen LogP contribution in [0.3, 0.4) is 0 Å². The van der Waals surface area contributed by atoms with E-state index < -0.39 is 0 Å². The molecule has 0 radical (unpaired) electrons. The summed E-state index contributed by atoms with van der Waals surface area (Å²) in [4.78, 5) is 20.4. The van der Waals surface area contributed by atoms with Crippen molar-refractivity contribution in [1.82, 2.24) is 10.4 Å². The van der Waals surface area contributed by atoms with Crippen LogP contribution in [0.4, 0.5) is 0 Å². The molecule has 0 aliphatic heterocycles. The number of hydrogen-bond acceptors (Lipinski definition) is 4. The van der Waals surface area contributed by atoms with E-state index in [1.807, 2.05) is 30.3 Å². The van der Waals surface area contributed by atoms with Crippen LogP contribution >= 0.6 is 11.3 Å². The van der Waals surface area contributed by atoms with Gasteiger partial charge in [0.05, 0.1) is 27.4 Å². The van der Waals surface area contributed by atoms with E-state index in [1.165, 1.54) is 10.4 Å². The van der Waals surface area contributed by atoms with Gasteiger partial charge in [-0.2, -0.15) is 5.10 Å². The number of rotatable bonds is 7. The Morgan fingerprint density at radius 3 is 2.48 bits per heavy atom. The predicted molar refractivity (Wildman–Crippen MR) is 139 cm³/mol. The molecule has 0 spiro atoms. The van der Waals surface area contributed by atoms with E-state index in [9.17, 15) is 4.79 Å². The summed E-state index contributed by atoms with van der Waals surface area (Å²) in [5, 5.41) is 5.34. The molecule has 2 heterocycles. The number of hydrogen-bond donors (Lipinski definition) is 1. The van der Waals surface area contributed by atoms with Crippen LogP contribution in [0.25, 0.3) is 22.2 Å². The molecule has 4 nitrogen and oxygen atoms in total. The summed E-state index contributed by atoms with van der Waals surface area (Å²) < 4.78 is 0. The van der Waals surface area contributed by atoms with E-state index in [0.29, 0.717) is 11.5 Å². The van der Waals surface area contributed by atoms with Crippen LogP contribution in [-0.4, -0.2) is 16.6 Å². The predicted octanol–water partition coefficient (Wildman–Crippen LogP) is 7.33. The fourth-order valence-electron chi connectivity index (χ4n) is 3.79.